The number of carbonyl (C=O) groups is 1. The summed E-state index contributed by atoms with van der Waals surface area (Å²) in [5.74, 6) is -3.06. The van der Waals surface area contributed by atoms with E-state index in [2.05, 4.69) is 0 Å². The van der Waals surface area contributed by atoms with Gasteiger partial charge in [-0.1, -0.05) is 25.7 Å². The fraction of sp³-hybridized carbons (Fsp3) is 0.923. The number of carboxylic acid groups (broad SMARTS) is 1. The van der Waals surface area contributed by atoms with Crippen LogP contribution >= 0.6 is 0 Å². The highest BCUT2D eigenvalue weighted by Crippen LogP contribution is 2.49. The Bertz CT molecular complexity index is 286. The fourth-order valence-electron chi connectivity index (χ4n) is 3.37. The Balaban J connectivity index is 2.03. The van der Waals surface area contributed by atoms with Gasteiger partial charge in [-0.05, 0) is 25.2 Å². The maximum absolute atomic E-state index is 13.1. The van der Waals surface area contributed by atoms with Crippen molar-refractivity contribution in [1.82, 2.24) is 0 Å². The Labute approximate surface area is 100 Å². The quantitative estimate of drug-likeness (QED) is 0.821. The van der Waals surface area contributed by atoms with E-state index in [4.69, 9.17) is 0 Å². The topological polar surface area (TPSA) is 37.3 Å². The highest BCUT2D eigenvalue weighted by molar-refractivity contribution is 5.74. The molecule has 0 saturated heterocycles. The predicted molar refractivity (Wildman–Crippen MR) is 60.1 cm³/mol. The highest BCUT2D eigenvalue weighted by atomic mass is 19.3. The van der Waals surface area contributed by atoms with E-state index in [0.717, 1.165) is 25.7 Å². The molecule has 0 amide bonds. The first-order chi connectivity index (χ1) is 7.94. The highest BCUT2D eigenvalue weighted by Gasteiger charge is 2.48. The number of aliphatic carboxylic acids is 1. The molecule has 0 bridgehead atoms. The summed E-state index contributed by atoms with van der Waals surface area (Å²) in [5, 5.41) is 9.37. The molecule has 0 heterocycles. The number of hydrogen-bond donors (Lipinski definition) is 1. The Morgan fingerprint density at radius 2 is 1.65 bits per heavy atom. The van der Waals surface area contributed by atoms with Gasteiger partial charge in [-0.2, -0.15) is 0 Å². The predicted octanol–water partition coefficient (Wildman–Crippen LogP) is 3.85. The fourth-order valence-corrected chi connectivity index (χ4v) is 3.37. The smallest absolute Gasteiger partial charge is 0.309 e. The average molecular weight is 246 g/mol. The van der Waals surface area contributed by atoms with Crippen LogP contribution in [0.4, 0.5) is 8.78 Å². The molecule has 2 saturated carbocycles. The lowest BCUT2D eigenvalue weighted by molar-refractivity contribution is -0.158. The first-order valence-electron chi connectivity index (χ1n) is 6.55. The second-order valence-electron chi connectivity index (χ2n) is 5.80. The summed E-state index contributed by atoms with van der Waals surface area (Å²) >= 11 is 0. The molecule has 4 heteroatoms. The third-order valence-electron chi connectivity index (χ3n) is 4.55. The molecule has 2 aliphatic carbocycles. The Morgan fingerprint density at radius 1 is 1.12 bits per heavy atom. The van der Waals surface area contributed by atoms with Gasteiger partial charge in [0, 0.05) is 12.8 Å². The molecule has 0 aromatic heterocycles. The van der Waals surface area contributed by atoms with Crippen LogP contribution in [0.2, 0.25) is 0 Å². The molecule has 1 N–H and O–H groups in total. The molecule has 2 nitrogen and oxygen atoms in total. The number of carboxylic acids is 1. The summed E-state index contributed by atoms with van der Waals surface area (Å²) in [4.78, 5) is 11.4. The minimum Gasteiger partial charge on any atom is -0.481 e. The Morgan fingerprint density at radius 3 is 2.12 bits per heavy atom. The number of rotatable bonds is 3. The van der Waals surface area contributed by atoms with E-state index in [1.807, 2.05) is 0 Å². The number of halogens is 2. The van der Waals surface area contributed by atoms with Gasteiger partial charge in [0.1, 0.15) is 0 Å². The Kier molecular flexibility index (Phi) is 3.41. The lowest BCUT2D eigenvalue weighted by Crippen LogP contribution is -2.40. The first kappa shape index (κ1) is 12.8. The van der Waals surface area contributed by atoms with Crippen LogP contribution in [-0.4, -0.2) is 17.0 Å². The van der Waals surface area contributed by atoms with Crippen molar-refractivity contribution in [2.24, 2.45) is 11.3 Å². The SMILES string of the molecule is O=C(O)C1(CC2CCCC2)CCC(F)(F)CC1. The second kappa shape index (κ2) is 4.54. The van der Waals surface area contributed by atoms with E-state index in [1.165, 1.54) is 0 Å². The van der Waals surface area contributed by atoms with Crippen LogP contribution < -0.4 is 0 Å². The van der Waals surface area contributed by atoms with E-state index in [9.17, 15) is 18.7 Å². The number of alkyl halides is 2. The van der Waals surface area contributed by atoms with Crippen LogP contribution in [-0.2, 0) is 4.79 Å². The lowest BCUT2D eigenvalue weighted by atomic mass is 9.68. The lowest BCUT2D eigenvalue weighted by Gasteiger charge is -2.38. The van der Waals surface area contributed by atoms with E-state index in [-0.39, 0.29) is 25.7 Å². The van der Waals surface area contributed by atoms with Crippen molar-refractivity contribution in [2.45, 2.75) is 63.7 Å². The normalized spacial score (nSPS) is 28.1. The van der Waals surface area contributed by atoms with Crippen molar-refractivity contribution in [3.63, 3.8) is 0 Å². The third-order valence-corrected chi connectivity index (χ3v) is 4.55. The van der Waals surface area contributed by atoms with Gasteiger partial charge in [0.25, 0.3) is 0 Å². The molecule has 2 fully saturated rings. The van der Waals surface area contributed by atoms with Crippen molar-refractivity contribution in [2.75, 3.05) is 0 Å². The molecule has 0 aromatic carbocycles. The van der Waals surface area contributed by atoms with E-state index in [0.29, 0.717) is 12.3 Å². The molecule has 0 aromatic rings. The molecular weight excluding hydrogens is 226 g/mol. The first-order valence-corrected chi connectivity index (χ1v) is 6.55. The molecular formula is C13H20F2O2. The zero-order valence-electron chi connectivity index (χ0n) is 10.1. The van der Waals surface area contributed by atoms with E-state index < -0.39 is 17.3 Å². The molecule has 0 unspecified atom stereocenters. The van der Waals surface area contributed by atoms with Crippen LogP contribution in [0.5, 0.6) is 0 Å². The van der Waals surface area contributed by atoms with Gasteiger partial charge in [0.2, 0.25) is 5.92 Å². The molecule has 0 radical (unpaired) electrons. The van der Waals surface area contributed by atoms with Crippen molar-refractivity contribution in [3.05, 3.63) is 0 Å². The van der Waals surface area contributed by atoms with Crippen LogP contribution in [0, 0.1) is 11.3 Å². The number of hydrogen-bond acceptors (Lipinski definition) is 1. The van der Waals surface area contributed by atoms with Gasteiger partial charge in [-0.15, -0.1) is 0 Å². The van der Waals surface area contributed by atoms with Gasteiger partial charge in [-0.3, -0.25) is 4.79 Å². The Hall–Kier alpha value is -0.670. The summed E-state index contributed by atoms with van der Waals surface area (Å²) in [6, 6.07) is 0. The van der Waals surface area contributed by atoms with Crippen LogP contribution in [0.15, 0.2) is 0 Å². The van der Waals surface area contributed by atoms with E-state index >= 15 is 0 Å². The van der Waals surface area contributed by atoms with Crippen molar-refractivity contribution < 1.29 is 18.7 Å². The summed E-state index contributed by atoms with van der Waals surface area (Å²) in [5.41, 5.74) is -0.864. The molecule has 2 aliphatic rings. The third kappa shape index (κ3) is 2.78. The van der Waals surface area contributed by atoms with Gasteiger partial charge in [0.15, 0.2) is 0 Å². The van der Waals surface area contributed by atoms with Crippen molar-refractivity contribution in [3.8, 4) is 0 Å². The minimum absolute atomic E-state index is 0.145. The van der Waals surface area contributed by atoms with Crippen LogP contribution in [0.3, 0.4) is 0 Å². The van der Waals surface area contributed by atoms with Gasteiger partial charge in [-0.25, -0.2) is 8.78 Å². The maximum atomic E-state index is 13.1. The largest absolute Gasteiger partial charge is 0.481 e. The van der Waals surface area contributed by atoms with Gasteiger partial charge < -0.3 is 5.11 Å². The molecule has 0 aliphatic heterocycles. The maximum Gasteiger partial charge on any atom is 0.309 e. The molecule has 98 valence electrons. The molecule has 0 atom stereocenters. The van der Waals surface area contributed by atoms with Crippen LogP contribution in [0.1, 0.15) is 57.8 Å². The second-order valence-corrected chi connectivity index (χ2v) is 5.80. The van der Waals surface area contributed by atoms with Crippen molar-refractivity contribution >= 4 is 5.97 Å². The summed E-state index contributed by atoms with van der Waals surface area (Å²) in [7, 11) is 0. The summed E-state index contributed by atoms with van der Waals surface area (Å²) in [6.07, 6.45) is 4.86. The van der Waals surface area contributed by atoms with Crippen molar-refractivity contribution in [1.29, 1.82) is 0 Å². The minimum atomic E-state index is -2.64. The molecule has 2 rings (SSSR count). The van der Waals surface area contributed by atoms with E-state index in [1.54, 1.807) is 0 Å². The van der Waals surface area contributed by atoms with Gasteiger partial charge >= 0.3 is 5.97 Å². The standard InChI is InChI=1S/C13H20F2O2/c14-13(15)7-5-12(6-8-13,11(16)17)9-10-3-1-2-4-10/h10H,1-9H2,(H,16,17). The molecule has 17 heavy (non-hydrogen) atoms. The van der Waals surface area contributed by atoms with Gasteiger partial charge in [0.05, 0.1) is 5.41 Å². The zero-order chi connectivity index (χ0) is 12.5. The summed E-state index contributed by atoms with van der Waals surface area (Å²) in [6.45, 7) is 0. The monoisotopic (exact) mass is 246 g/mol. The zero-order valence-corrected chi connectivity index (χ0v) is 10.1. The summed E-state index contributed by atoms with van der Waals surface area (Å²) < 4.78 is 26.3. The average Bonchev–Trinajstić information content (AvgIpc) is 2.74. The molecule has 0 spiro atoms. The van der Waals surface area contributed by atoms with Crippen LogP contribution in [0.25, 0.3) is 0 Å².